The van der Waals surface area contributed by atoms with Crippen LogP contribution in [0.15, 0.2) is 54.6 Å². The van der Waals surface area contributed by atoms with Crippen LogP contribution in [0.5, 0.6) is 5.75 Å². The average Bonchev–Trinajstić information content (AvgIpc) is 3.02. The molecule has 0 aliphatic carbocycles. The lowest BCUT2D eigenvalue weighted by Crippen LogP contribution is -2.50. The van der Waals surface area contributed by atoms with Gasteiger partial charge in [0.15, 0.2) is 12.0 Å². The highest BCUT2D eigenvalue weighted by molar-refractivity contribution is 5.92. The zero-order valence-corrected chi connectivity index (χ0v) is 25.8. The van der Waals surface area contributed by atoms with Crippen LogP contribution in [0.1, 0.15) is 41.9 Å². The molecule has 12 nitrogen and oxygen atoms in total. The Labute approximate surface area is 262 Å². The monoisotopic (exact) mass is 614 g/mol. The van der Waals surface area contributed by atoms with Crippen molar-refractivity contribution in [2.45, 2.75) is 44.4 Å². The van der Waals surface area contributed by atoms with Crippen LogP contribution in [0.2, 0.25) is 0 Å². The molecule has 236 valence electrons. The van der Waals surface area contributed by atoms with Gasteiger partial charge in [-0.05, 0) is 87.3 Å². The number of carbonyl (C=O) groups is 1. The minimum absolute atomic E-state index is 0.0818. The summed E-state index contributed by atoms with van der Waals surface area (Å²) in [4.78, 5) is 29.4. The molecule has 13 heteroatoms. The quantitative estimate of drug-likeness (QED) is 0.194. The zero-order chi connectivity index (χ0) is 32.1. The zero-order valence-electron chi connectivity index (χ0n) is 25.8. The van der Waals surface area contributed by atoms with E-state index in [1.165, 1.54) is 35.6 Å². The van der Waals surface area contributed by atoms with Crippen LogP contribution in [-0.2, 0) is 4.79 Å². The van der Waals surface area contributed by atoms with E-state index in [0.717, 1.165) is 36.6 Å². The third-order valence-corrected chi connectivity index (χ3v) is 8.25. The molecule has 2 aliphatic heterocycles. The van der Waals surface area contributed by atoms with Crippen molar-refractivity contribution < 1.29 is 13.9 Å². The lowest BCUT2D eigenvalue weighted by atomic mass is 9.87. The molecule has 2 fully saturated rings. The Hall–Kier alpha value is -4.80. The molecule has 0 bridgehead atoms. The van der Waals surface area contributed by atoms with Gasteiger partial charge in [-0.1, -0.05) is 6.07 Å². The number of alkyl halides is 1. The van der Waals surface area contributed by atoms with Gasteiger partial charge in [-0.15, -0.1) is 0 Å². The number of amides is 1. The molecule has 2 atom stereocenters. The number of aromatic nitrogens is 3. The van der Waals surface area contributed by atoms with Gasteiger partial charge in [0.25, 0.3) is 5.91 Å². The Kier molecular flexibility index (Phi) is 9.75. The van der Waals surface area contributed by atoms with Crippen LogP contribution < -0.4 is 21.6 Å². The van der Waals surface area contributed by atoms with E-state index < -0.39 is 18.2 Å². The summed E-state index contributed by atoms with van der Waals surface area (Å²) in [7, 11) is 3.70. The van der Waals surface area contributed by atoms with E-state index >= 15 is 4.39 Å². The predicted molar refractivity (Wildman–Crippen MR) is 169 cm³/mol. The normalized spacial score (nSPS) is 19.6. The van der Waals surface area contributed by atoms with Crippen LogP contribution in [0.3, 0.4) is 0 Å². The van der Waals surface area contributed by atoms with Crippen LogP contribution >= 0.6 is 0 Å². The molecule has 1 amide bonds. The number of likely N-dealkylation sites (tertiary alicyclic amines) is 2. The van der Waals surface area contributed by atoms with Crippen molar-refractivity contribution in [3.05, 3.63) is 71.3 Å². The number of nitrogens with two attached hydrogens (primary N) is 2. The van der Waals surface area contributed by atoms with Crippen molar-refractivity contribution >= 4 is 17.5 Å². The first-order chi connectivity index (χ1) is 21.6. The fourth-order valence-electron chi connectivity index (χ4n) is 5.84. The van der Waals surface area contributed by atoms with Crippen molar-refractivity contribution in [3.8, 4) is 23.2 Å². The van der Waals surface area contributed by atoms with Gasteiger partial charge in [0.2, 0.25) is 5.95 Å². The van der Waals surface area contributed by atoms with Crippen molar-refractivity contribution in [2.75, 3.05) is 45.6 Å². The summed E-state index contributed by atoms with van der Waals surface area (Å²) < 4.78 is 21.0. The molecule has 5 N–H and O–H groups in total. The molecule has 2 unspecified atom stereocenters. The second kappa shape index (κ2) is 13.9. The SMILES string of the molecule is Cc1cc(Nc2ncnc(-c3ccc(OC4CCN(C(=O)C(N)=CN(C)N)CC4F)c(C#N)c3)n2)ccc1C1CCN(C)CC1. The molecule has 0 radical (unpaired) electrons. The lowest BCUT2D eigenvalue weighted by Gasteiger charge is -2.35. The van der Waals surface area contributed by atoms with Crippen LogP contribution in [0.25, 0.3) is 11.4 Å². The number of nitrogens with one attached hydrogen (secondary N) is 1. The third-order valence-electron chi connectivity index (χ3n) is 8.25. The van der Waals surface area contributed by atoms with E-state index in [1.54, 1.807) is 18.2 Å². The van der Waals surface area contributed by atoms with Crippen molar-refractivity contribution in [1.29, 1.82) is 5.26 Å². The molecule has 2 aromatic carbocycles. The summed E-state index contributed by atoms with van der Waals surface area (Å²) in [5, 5.41) is 14.3. The van der Waals surface area contributed by atoms with Gasteiger partial charge in [-0.25, -0.2) is 20.2 Å². The third kappa shape index (κ3) is 7.65. The fraction of sp³-hybridized carbons (Fsp3) is 0.406. The number of ether oxygens (including phenoxy) is 1. The average molecular weight is 615 g/mol. The predicted octanol–water partition coefficient (Wildman–Crippen LogP) is 3.19. The number of nitriles is 1. The number of hydrogen-bond donors (Lipinski definition) is 3. The number of benzene rings is 2. The van der Waals surface area contributed by atoms with E-state index in [-0.39, 0.29) is 36.5 Å². The second-order valence-electron chi connectivity index (χ2n) is 11.7. The maximum Gasteiger partial charge on any atom is 0.271 e. The highest BCUT2D eigenvalue weighted by Gasteiger charge is 2.34. The topological polar surface area (TPSA) is 163 Å². The number of halogens is 1. The van der Waals surface area contributed by atoms with Crippen molar-refractivity contribution in [1.82, 2.24) is 29.8 Å². The smallest absolute Gasteiger partial charge is 0.271 e. The molecule has 0 spiro atoms. The van der Waals surface area contributed by atoms with E-state index in [9.17, 15) is 10.1 Å². The molecule has 3 heterocycles. The van der Waals surface area contributed by atoms with Crippen LogP contribution in [0.4, 0.5) is 16.0 Å². The van der Waals surface area contributed by atoms with E-state index in [0.29, 0.717) is 23.3 Å². The Morgan fingerprint density at radius 1 is 1.18 bits per heavy atom. The van der Waals surface area contributed by atoms with Gasteiger partial charge in [0.1, 0.15) is 29.9 Å². The van der Waals surface area contributed by atoms with E-state index in [1.807, 2.05) is 6.07 Å². The Balaban J connectivity index is 1.24. The van der Waals surface area contributed by atoms with E-state index in [4.69, 9.17) is 16.3 Å². The number of rotatable bonds is 8. The lowest BCUT2D eigenvalue weighted by molar-refractivity contribution is -0.131. The standard InChI is InChI=1S/C32H39FN10O2/c1-20-14-24(5-6-25(20)21-8-11-41(2)12-9-21)39-32-38-19-37-30(40-32)22-4-7-28(23(15-22)16-34)45-29-10-13-43(17-26(29)33)31(44)27(35)18-42(3)36/h4-7,14-15,18-19,21,26,29H,8-13,17,35-36H2,1-3H3,(H,37,38,39,40). The first-order valence-electron chi connectivity index (χ1n) is 15.0. The summed E-state index contributed by atoms with van der Waals surface area (Å²) in [6, 6.07) is 13.4. The fourth-order valence-corrected chi connectivity index (χ4v) is 5.84. The van der Waals surface area contributed by atoms with Gasteiger partial charge in [-0.2, -0.15) is 10.2 Å². The van der Waals surface area contributed by atoms with Crippen LogP contribution in [0, 0.1) is 18.3 Å². The number of hydrogen-bond acceptors (Lipinski definition) is 11. The second-order valence-corrected chi connectivity index (χ2v) is 11.7. The molecular weight excluding hydrogens is 575 g/mol. The van der Waals surface area contributed by atoms with Gasteiger partial charge in [0.05, 0.1) is 12.1 Å². The van der Waals surface area contributed by atoms with Gasteiger partial charge < -0.3 is 30.6 Å². The summed E-state index contributed by atoms with van der Waals surface area (Å²) in [5.41, 5.74) is 9.98. The van der Waals surface area contributed by atoms with Crippen LogP contribution in [-0.4, -0.2) is 88.2 Å². The summed E-state index contributed by atoms with van der Waals surface area (Å²) in [5.74, 6) is 6.57. The number of hydrazine groups is 1. The Bertz CT molecular complexity index is 1600. The van der Waals surface area contributed by atoms with Crippen molar-refractivity contribution in [2.24, 2.45) is 11.6 Å². The largest absolute Gasteiger partial charge is 0.486 e. The van der Waals surface area contributed by atoms with E-state index in [2.05, 4.69) is 57.3 Å². The molecule has 0 saturated carbocycles. The maximum atomic E-state index is 15.1. The molecule has 1 aromatic heterocycles. The number of piperidine rings is 2. The first kappa shape index (κ1) is 31.6. The van der Waals surface area contributed by atoms with Gasteiger partial charge in [-0.3, -0.25) is 4.79 Å². The number of nitrogens with zero attached hydrogens (tertiary/aromatic N) is 7. The molecule has 45 heavy (non-hydrogen) atoms. The Morgan fingerprint density at radius 3 is 2.64 bits per heavy atom. The molecule has 2 aliphatic rings. The summed E-state index contributed by atoms with van der Waals surface area (Å²) in [6.07, 6.45) is 2.92. The summed E-state index contributed by atoms with van der Waals surface area (Å²) in [6.45, 7) is 4.41. The van der Waals surface area contributed by atoms with Crippen molar-refractivity contribution in [3.63, 3.8) is 0 Å². The molecule has 3 aromatic rings. The number of carbonyl (C=O) groups excluding carboxylic acids is 1. The maximum absolute atomic E-state index is 15.1. The van der Waals surface area contributed by atoms with Gasteiger partial charge in [0, 0.05) is 37.5 Å². The number of aryl methyl sites for hydroxylation is 1. The molecule has 5 rings (SSSR count). The van der Waals surface area contributed by atoms with Gasteiger partial charge >= 0.3 is 0 Å². The molecule has 2 saturated heterocycles. The number of anilines is 2. The minimum Gasteiger partial charge on any atom is -0.486 e. The molecular formula is C32H39FN10O2. The highest BCUT2D eigenvalue weighted by Crippen LogP contribution is 2.32. The Morgan fingerprint density at radius 2 is 1.96 bits per heavy atom. The minimum atomic E-state index is -1.48. The first-order valence-corrected chi connectivity index (χ1v) is 15.0. The highest BCUT2D eigenvalue weighted by atomic mass is 19.1. The summed E-state index contributed by atoms with van der Waals surface area (Å²) >= 11 is 0.